The molecule has 1 saturated carbocycles. The number of carbonyl (C=O) groups excluding carboxylic acids is 2. The Kier molecular flexibility index (Phi) is 5.44. The van der Waals surface area contributed by atoms with Gasteiger partial charge in [-0.3, -0.25) is 9.59 Å². The van der Waals surface area contributed by atoms with Gasteiger partial charge in [-0.25, -0.2) is 0 Å². The predicted molar refractivity (Wildman–Crippen MR) is 85.8 cm³/mol. The average molecular weight is 335 g/mol. The summed E-state index contributed by atoms with van der Waals surface area (Å²) in [6.45, 7) is 2.21. The minimum atomic E-state index is -0.345. The molecule has 3 rings (SSSR count). The summed E-state index contributed by atoms with van der Waals surface area (Å²) >= 11 is 0. The third-order valence-electron chi connectivity index (χ3n) is 4.67. The van der Waals surface area contributed by atoms with E-state index >= 15 is 0 Å². The van der Waals surface area contributed by atoms with Gasteiger partial charge in [0.1, 0.15) is 12.4 Å². The molecular formula is C16H25N5O3. The molecule has 0 radical (unpaired) electrons. The molecule has 132 valence electrons. The lowest BCUT2D eigenvalue weighted by Crippen LogP contribution is -2.52. The van der Waals surface area contributed by atoms with Crippen LogP contribution < -0.4 is 5.32 Å². The monoisotopic (exact) mass is 335 g/mol. The first-order valence-corrected chi connectivity index (χ1v) is 8.64. The maximum absolute atomic E-state index is 12.6. The molecule has 1 saturated heterocycles. The van der Waals surface area contributed by atoms with Crippen molar-refractivity contribution in [3.05, 3.63) is 12.2 Å². The topological polar surface area (TPSA) is 89.3 Å². The van der Waals surface area contributed by atoms with Gasteiger partial charge in [-0.1, -0.05) is 0 Å². The zero-order valence-electron chi connectivity index (χ0n) is 14.1. The van der Waals surface area contributed by atoms with Crippen molar-refractivity contribution in [2.75, 3.05) is 20.3 Å². The van der Waals surface area contributed by atoms with Gasteiger partial charge in [-0.05, 0) is 32.1 Å². The standard InChI is InChI=1S/C16H25N5O3/c1-24-9-8-20-11-18-19-14(20)10-17-15(22)13-4-2-3-7-21(13)16(23)12-5-6-12/h11-13H,2-10H2,1H3,(H,17,22)/t13-/m0/s1. The van der Waals surface area contributed by atoms with E-state index in [1.165, 1.54) is 0 Å². The third-order valence-corrected chi connectivity index (χ3v) is 4.67. The molecule has 0 bridgehead atoms. The van der Waals surface area contributed by atoms with Crippen LogP contribution in [-0.2, 0) is 27.4 Å². The Morgan fingerprint density at radius 1 is 1.33 bits per heavy atom. The maximum Gasteiger partial charge on any atom is 0.243 e. The molecule has 24 heavy (non-hydrogen) atoms. The van der Waals surface area contributed by atoms with Crippen LogP contribution in [-0.4, -0.2) is 57.8 Å². The fourth-order valence-electron chi connectivity index (χ4n) is 3.11. The SMILES string of the molecule is COCCn1cnnc1CNC(=O)[C@@H]1CCCCN1C(=O)C1CC1. The number of ether oxygens (including phenoxy) is 1. The normalized spacial score (nSPS) is 20.9. The van der Waals surface area contributed by atoms with Crippen LogP contribution >= 0.6 is 0 Å². The van der Waals surface area contributed by atoms with Gasteiger partial charge in [0.15, 0.2) is 5.82 Å². The minimum absolute atomic E-state index is 0.0926. The van der Waals surface area contributed by atoms with E-state index in [1.54, 1.807) is 18.3 Å². The van der Waals surface area contributed by atoms with E-state index in [-0.39, 0.29) is 23.8 Å². The molecule has 1 atom stereocenters. The highest BCUT2D eigenvalue weighted by Gasteiger charge is 2.39. The molecule has 1 aromatic heterocycles. The number of methoxy groups -OCH3 is 1. The van der Waals surface area contributed by atoms with Crippen molar-refractivity contribution < 1.29 is 14.3 Å². The molecule has 1 N–H and O–H groups in total. The third kappa shape index (κ3) is 3.92. The van der Waals surface area contributed by atoms with Crippen LogP contribution in [0.3, 0.4) is 0 Å². The van der Waals surface area contributed by atoms with E-state index in [9.17, 15) is 9.59 Å². The number of aromatic nitrogens is 3. The van der Waals surface area contributed by atoms with Crippen molar-refractivity contribution in [2.24, 2.45) is 5.92 Å². The largest absolute Gasteiger partial charge is 0.383 e. The van der Waals surface area contributed by atoms with E-state index in [2.05, 4.69) is 15.5 Å². The second kappa shape index (κ2) is 7.74. The number of hydrogen-bond acceptors (Lipinski definition) is 5. The maximum atomic E-state index is 12.6. The number of piperidine rings is 1. The van der Waals surface area contributed by atoms with E-state index in [4.69, 9.17) is 4.74 Å². The van der Waals surface area contributed by atoms with Crippen LogP contribution in [0.2, 0.25) is 0 Å². The van der Waals surface area contributed by atoms with Gasteiger partial charge in [-0.15, -0.1) is 10.2 Å². The van der Waals surface area contributed by atoms with Gasteiger partial charge in [0.2, 0.25) is 11.8 Å². The minimum Gasteiger partial charge on any atom is -0.383 e. The molecule has 1 aromatic rings. The van der Waals surface area contributed by atoms with Crippen molar-refractivity contribution in [1.29, 1.82) is 0 Å². The van der Waals surface area contributed by atoms with E-state index in [0.29, 0.717) is 32.1 Å². The number of rotatable bonds is 7. The zero-order chi connectivity index (χ0) is 16.9. The molecule has 8 nitrogen and oxygen atoms in total. The Hall–Kier alpha value is -1.96. The molecule has 1 aliphatic carbocycles. The first-order valence-electron chi connectivity index (χ1n) is 8.64. The van der Waals surface area contributed by atoms with Gasteiger partial charge in [0.25, 0.3) is 0 Å². The molecule has 0 spiro atoms. The summed E-state index contributed by atoms with van der Waals surface area (Å²) in [7, 11) is 1.64. The smallest absolute Gasteiger partial charge is 0.243 e. The number of hydrogen-bond donors (Lipinski definition) is 1. The highest BCUT2D eigenvalue weighted by atomic mass is 16.5. The summed E-state index contributed by atoms with van der Waals surface area (Å²) in [5.74, 6) is 0.898. The van der Waals surface area contributed by atoms with Gasteiger partial charge in [-0.2, -0.15) is 0 Å². The predicted octanol–water partition coefficient (Wildman–Crippen LogP) is 0.332. The Morgan fingerprint density at radius 2 is 2.17 bits per heavy atom. The Bertz CT molecular complexity index is 584. The second-order valence-electron chi connectivity index (χ2n) is 6.47. The number of nitrogens with one attached hydrogen (secondary N) is 1. The molecular weight excluding hydrogens is 310 g/mol. The number of carbonyl (C=O) groups is 2. The molecule has 2 aliphatic rings. The van der Waals surface area contributed by atoms with Crippen molar-refractivity contribution >= 4 is 11.8 Å². The van der Waals surface area contributed by atoms with Crippen molar-refractivity contribution in [2.45, 2.75) is 51.2 Å². The molecule has 2 fully saturated rings. The van der Waals surface area contributed by atoms with Gasteiger partial charge in [0, 0.05) is 26.1 Å². The number of amides is 2. The highest BCUT2D eigenvalue weighted by Crippen LogP contribution is 2.33. The quantitative estimate of drug-likeness (QED) is 0.776. The highest BCUT2D eigenvalue weighted by molar-refractivity contribution is 5.89. The molecule has 1 aliphatic heterocycles. The average Bonchev–Trinajstić information content (AvgIpc) is 3.37. The lowest BCUT2D eigenvalue weighted by molar-refractivity contribution is -0.143. The zero-order valence-corrected chi connectivity index (χ0v) is 14.1. The lowest BCUT2D eigenvalue weighted by atomic mass is 10.0. The lowest BCUT2D eigenvalue weighted by Gasteiger charge is -2.34. The summed E-state index contributed by atoms with van der Waals surface area (Å²) in [6.07, 6.45) is 6.26. The van der Waals surface area contributed by atoms with Crippen LogP contribution in [0.15, 0.2) is 6.33 Å². The molecule has 8 heteroatoms. The summed E-state index contributed by atoms with van der Waals surface area (Å²) in [6, 6.07) is -0.345. The summed E-state index contributed by atoms with van der Waals surface area (Å²) in [5, 5.41) is 10.8. The van der Waals surface area contributed by atoms with E-state index < -0.39 is 0 Å². The second-order valence-corrected chi connectivity index (χ2v) is 6.47. The van der Waals surface area contributed by atoms with Gasteiger partial charge in [0.05, 0.1) is 13.2 Å². The summed E-state index contributed by atoms with van der Waals surface area (Å²) in [5.41, 5.74) is 0. The number of likely N-dealkylation sites (tertiary alicyclic amines) is 1. The molecule has 2 amide bonds. The molecule has 0 aromatic carbocycles. The van der Waals surface area contributed by atoms with Crippen LogP contribution in [0.4, 0.5) is 0 Å². The molecule has 0 unspecified atom stereocenters. The Labute approximate surface area is 141 Å². The fraction of sp³-hybridized carbons (Fsp3) is 0.750. The van der Waals surface area contributed by atoms with Crippen molar-refractivity contribution in [1.82, 2.24) is 25.0 Å². The first kappa shape index (κ1) is 16.9. The van der Waals surface area contributed by atoms with Crippen LogP contribution in [0, 0.1) is 5.92 Å². The first-order chi connectivity index (χ1) is 11.7. The van der Waals surface area contributed by atoms with Gasteiger partial charge >= 0.3 is 0 Å². The summed E-state index contributed by atoms with van der Waals surface area (Å²) < 4.78 is 6.91. The van der Waals surface area contributed by atoms with Crippen LogP contribution in [0.25, 0.3) is 0 Å². The van der Waals surface area contributed by atoms with Gasteiger partial charge < -0.3 is 19.5 Å². The summed E-state index contributed by atoms with van der Waals surface area (Å²) in [4.78, 5) is 26.8. The Morgan fingerprint density at radius 3 is 2.92 bits per heavy atom. The van der Waals surface area contributed by atoms with E-state index in [1.807, 2.05) is 4.57 Å². The Balaban J connectivity index is 1.57. The number of nitrogens with zero attached hydrogens (tertiary/aromatic N) is 4. The van der Waals surface area contributed by atoms with Crippen molar-refractivity contribution in [3.63, 3.8) is 0 Å². The van der Waals surface area contributed by atoms with Crippen LogP contribution in [0.1, 0.15) is 37.9 Å². The van der Waals surface area contributed by atoms with E-state index in [0.717, 1.165) is 32.1 Å². The van der Waals surface area contributed by atoms with Crippen molar-refractivity contribution in [3.8, 4) is 0 Å². The fourth-order valence-corrected chi connectivity index (χ4v) is 3.11. The molecule has 2 heterocycles. The van der Waals surface area contributed by atoms with Crippen LogP contribution in [0.5, 0.6) is 0 Å².